The van der Waals surface area contributed by atoms with Crippen molar-refractivity contribution in [1.29, 1.82) is 0 Å². The van der Waals surface area contributed by atoms with Gasteiger partial charge in [0.15, 0.2) is 0 Å². The lowest BCUT2D eigenvalue weighted by Gasteiger charge is -2.20. The molecule has 1 aromatic heterocycles. The molecule has 0 radical (unpaired) electrons. The smallest absolute Gasteiger partial charge is 0.268 e. The second-order valence-electron chi connectivity index (χ2n) is 5.71. The highest BCUT2D eigenvalue weighted by atomic mass is 16.3. The van der Waals surface area contributed by atoms with Gasteiger partial charge in [-0.2, -0.15) is 0 Å². The maximum Gasteiger partial charge on any atom is 0.268 e. The summed E-state index contributed by atoms with van der Waals surface area (Å²) in [5.41, 5.74) is 2.39. The third-order valence-electron chi connectivity index (χ3n) is 3.95. The van der Waals surface area contributed by atoms with Crippen molar-refractivity contribution in [2.24, 2.45) is 7.05 Å². The van der Waals surface area contributed by atoms with Crippen molar-refractivity contribution in [2.75, 3.05) is 6.54 Å². The minimum atomic E-state index is -1.08. The summed E-state index contributed by atoms with van der Waals surface area (Å²) < 4.78 is 1.76. The van der Waals surface area contributed by atoms with Crippen molar-refractivity contribution in [3.63, 3.8) is 0 Å². The largest absolute Gasteiger partial charge is 0.391 e. The highest BCUT2D eigenvalue weighted by Gasteiger charge is 2.27. The van der Waals surface area contributed by atoms with E-state index in [-0.39, 0.29) is 6.54 Å². The van der Waals surface area contributed by atoms with E-state index < -0.39 is 24.0 Å². The Morgan fingerprint density at radius 1 is 1.42 bits per heavy atom. The molecule has 2 amide bonds. The summed E-state index contributed by atoms with van der Waals surface area (Å²) in [4.78, 5) is 24.6. The van der Waals surface area contributed by atoms with E-state index in [0.717, 1.165) is 16.5 Å². The van der Waals surface area contributed by atoms with Crippen LogP contribution in [0.3, 0.4) is 0 Å². The SMILES string of the molecule is C#CCNC(=O)C(NC(=O)c1cc2c(C)cccc2n1C)C(C)O. The molecule has 0 aliphatic carbocycles. The number of fused-ring (bicyclic) bond motifs is 1. The summed E-state index contributed by atoms with van der Waals surface area (Å²) in [5.74, 6) is 1.32. The van der Waals surface area contributed by atoms with Crippen LogP contribution in [0.4, 0.5) is 0 Å². The number of carbonyl (C=O) groups is 2. The quantitative estimate of drug-likeness (QED) is 0.708. The van der Waals surface area contributed by atoms with Crippen LogP contribution in [0.5, 0.6) is 0 Å². The molecule has 24 heavy (non-hydrogen) atoms. The predicted octanol–water partition coefficient (Wildman–Crippen LogP) is 0.715. The van der Waals surface area contributed by atoms with E-state index in [1.54, 1.807) is 17.7 Å². The molecular weight excluding hydrogens is 306 g/mol. The first-order chi connectivity index (χ1) is 11.4. The van der Waals surface area contributed by atoms with Crippen LogP contribution in [0.1, 0.15) is 23.0 Å². The van der Waals surface area contributed by atoms with Gasteiger partial charge < -0.3 is 20.3 Å². The standard InChI is InChI=1S/C18H21N3O3/c1-5-9-19-18(24)16(12(3)22)20-17(23)15-10-13-11(2)7-6-8-14(13)21(15)4/h1,6-8,10,12,16,22H,9H2,2-4H3,(H,19,24)(H,20,23). The van der Waals surface area contributed by atoms with Crippen molar-refractivity contribution in [3.8, 4) is 12.3 Å². The Balaban J connectivity index is 2.28. The zero-order chi connectivity index (χ0) is 17.9. The van der Waals surface area contributed by atoms with Gasteiger partial charge in [0.25, 0.3) is 5.91 Å². The lowest BCUT2D eigenvalue weighted by molar-refractivity contribution is -0.125. The highest BCUT2D eigenvalue weighted by molar-refractivity contribution is 6.01. The van der Waals surface area contributed by atoms with Crippen LogP contribution in [0, 0.1) is 19.3 Å². The number of hydrogen-bond acceptors (Lipinski definition) is 3. The van der Waals surface area contributed by atoms with Gasteiger partial charge in [-0.25, -0.2) is 0 Å². The van der Waals surface area contributed by atoms with Gasteiger partial charge >= 0.3 is 0 Å². The molecule has 6 heteroatoms. The Morgan fingerprint density at radius 2 is 2.12 bits per heavy atom. The topological polar surface area (TPSA) is 83.4 Å². The molecule has 0 saturated carbocycles. The zero-order valence-corrected chi connectivity index (χ0v) is 14.0. The first-order valence-corrected chi connectivity index (χ1v) is 7.62. The van der Waals surface area contributed by atoms with Crippen LogP contribution in [0.25, 0.3) is 10.9 Å². The second kappa shape index (κ2) is 7.20. The van der Waals surface area contributed by atoms with Crippen LogP contribution in [0.2, 0.25) is 0 Å². The molecule has 0 bridgehead atoms. The van der Waals surface area contributed by atoms with E-state index in [2.05, 4.69) is 16.6 Å². The number of nitrogens with one attached hydrogen (secondary N) is 2. The molecule has 2 unspecified atom stereocenters. The van der Waals surface area contributed by atoms with Gasteiger partial charge in [0.2, 0.25) is 5.91 Å². The lowest BCUT2D eigenvalue weighted by atomic mass is 10.1. The number of benzene rings is 1. The molecule has 2 rings (SSSR count). The molecule has 0 saturated heterocycles. The molecule has 1 heterocycles. The normalized spacial score (nSPS) is 13.1. The van der Waals surface area contributed by atoms with E-state index in [1.165, 1.54) is 6.92 Å². The Hall–Kier alpha value is -2.78. The average Bonchev–Trinajstić information content (AvgIpc) is 2.88. The van der Waals surface area contributed by atoms with Crippen molar-refractivity contribution in [1.82, 2.24) is 15.2 Å². The highest BCUT2D eigenvalue weighted by Crippen LogP contribution is 2.22. The fraction of sp³-hybridized carbons (Fsp3) is 0.333. The van der Waals surface area contributed by atoms with Gasteiger partial charge in [-0.1, -0.05) is 18.1 Å². The minimum Gasteiger partial charge on any atom is -0.391 e. The Bertz CT molecular complexity index is 815. The third-order valence-corrected chi connectivity index (χ3v) is 3.95. The van der Waals surface area contributed by atoms with E-state index in [1.807, 2.05) is 25.1 Å². The number of nitrogens with zero attached hydrogens (tertiary/aromatic N) is 1. The van der Waals surface area contributed by atoms with Crippen LogP contribution in [-0.4, -0.2) is 40.2 Å². The van der Waals surface area contributed by atoms with Gasteiger partial charge in [-0.3, -0.25) is 9.59 Å². The average molecular weight is 327 g/mol. The number of terminal acetylenes is 1. The van der Waals surface area contributed by atoms with Crippen molar-refractivity contribution >= 4 is 22.7 Å². The molecule has 0 fully saturated rings. The maximum atomic E-state index is 12.6. The molecular formula is C18H21N3O3. The van der Waals surface area contributed by atoms with Crippen molar-refractivity contribution in [2.45, 2.75) is 26.0 Å². The summed E-state index contributed by atoms with van der Waals surface area (Å²) in [7, 11) is 1.78. The second-order valence-corrected chi connectivity index (χ2v) is 5.71. The Kier molecular flexibility index (Phi) is 5.27. The van der Waals surface area contributed by atoms with Crippen LogP contribution in [-0.2, 0) is 11.8 Å². The molecule has 6 nitrogen and oxygen atoms in total. The fourth-order valence-electron chi connectivity index (χ4n) is 2.60. The van der Waals surface area contributed by atoms with Gasteiger partial charge in [-0.15, -0.1) is 6.42 Å². The van der Waals surface area contributed by atoms with Crippen LogP contribution in [0.15, 0.2) is 24.3 Å². The maximum absolute atomic E-state index is 12.6. The Labute approximate surface area is 140 Å². The summed E-state index contributed by atoms with van der Waals surface area (Å²) in [5, 5.41) is 15.8. The Morgan fingerprint density at radius 3 is 2.71 bits per heavy atom. The van der Waals surface area contributed by atoms with Crippen LogP contribution >= 0.6 is 0 Å². The number of aliphatic hydroxyl groups is 1. The molecule has 1 aromatic carbocycles. The number of rotatable bonds is 5. The molecule has 2 aromatic rings. The van der Waals surface area contributed by atoms with Gasteiger partial charge in [-0.05, 0) is 31.5 Å². The van der Waals surface area contributed by atoms with E-state index in [9.17, 15) is 14.7 Å². The third kappa shape index (κ3) is 3.42. The summed E-state index contributed by atoms with van der Waals surface area (Å²) in [6, 6.07) is 6.51. The first-order valence-electron chi connectivity index (χ1n) is 7.62. The van der Waals surface area contributed by atoms with E-state index in [0.29, 0.717) is 5.69 Å². The van der Waals surface area contributed by atoms with E-state index in [4.69, 9.17) is 6.42 Å². The summed E-state index contributed by atoms with van der Waals surface area (Å²) in [6.07, 6.45) is 4.05. The molecule has 3 N–H and O–H groups in total. The monoisotopic (exact) mass is 327 g/mol. The number of aryl methyl sites for hydroxylation is 2. The molecule has 2 atom stereocenters. The lowest BCUT2D eigenvalue weighted by Crippen LogP contribution is -2.52. The van der Waals surface area contributed by atoms with E-state index >= 15 is 0 Å². The number of aromatic nitrogens is 1. The molecule has 0 spiro atoms. The van der Waals surface area contributed by atoms with Gasteiger partial charge in [0.1, 0.15) is 11.7 Å². The molecule has 126 valence electrons. The van der Waals surface area contributed by atoms with Crippen LogP contribution < -0.4 is 10.6 Å². The predicted molar refractivity (Wildman–Crippen MR) is 92.4 cm³/mol. The molecule has 0 aliphatic heterocycles. The van der Waals surface area contributed by atoms with Crippen molar-refractivity contribution < 1.29 is 14.7 Å². The number of carbonyl (C=O) groups excluding carboxylic acids is 2. The summed E-state index contributed by atoms with van der Waals surface area (Å²) >= 11 is 0. The summed E-state index contributed by atoms with van der Waals surface area (Å²) in [6.45, 7) is 3.44. The number of amides is 2. The first kappa shape index (κ1) is 17.6. The van der Waals surface area contributed by atoms with Crippen molar-refractivity contribution in [3.05, 3.63) is 35.5 Å². The molecule has 0 aliphatic rings. The fourth-order valence-corrected chi connectivity index (χ4v) is 2.60. The zero-order valence-electron chi connectivity index (χ0n) is 14.0. The minimum absolute atomic E-state index is 0.0329. The van der Waals surface area contributed by atoms with Gasteiger partial charge in [0.05, 0.1) is 12.6 Å². The number of aliphatic hydroxyl groups excluding tert-OH is 1. The number of hydrogen-bond donors (Lipinski definition) is 3. The van der Waals surface area contributed by atoms with Gasteiger partial charge in [0, 0.05) is 18.0 Å².